The van der Waals surface area contributed by atoms with Crippen LogP contribution in [-0.4, -0.2) is 30.8 Å². The number of fused-ring (bicyclic) bond motifs is 2. The largest absolute Gasteiger partial charge is 0.453 e. The number of hydrogen-bond acceptors (Lipinski definition) is 8. The van der Waals surface area contributed by atoms with Gasteiger partial charge in [-0.3, -0.25) is 0 Å². The average molecular weight is 426 g/mol. The summed E-state index contributed by atoms with van der Waals surface area (Å²) in [5, 5.41) is 3.48. The minimum atomic E-state index is -4.69. The first-order valence-electron chi connectivity index (χ1n) is 9.56. The van der Waals surface area contributed by atoms with Crippen molar-refractivity contribution in [3.8, 4) is 11.5 Å². The molecule has 0 aromatic heterocycles. The molecule has 2 aromatic carbocycles. The van der Waals surface area contributed by atoms with Gasteiger partial charge < -0.3 is 19.9 Å². The quantitative estimate of drug-likeness (QED) is 0.603. The van der Waals surface area contributed by atoms with Crippen LogP contribution in [0.2, 0.25) is 0 Å². The normalized spacial score (nSPS) is 11.9. The van der Waals surface area contributed by atoms with Crippen molar-refractivity contribution in [3.05, 3.63) is 36.4 Å². The molecule has 0 radical (unpaired) electrons. The highest BCUT2D eigenvalue weighted by Crippen LogP contribution is 2.44. The number of nitrogens with one attached hydrogen (secondary N) is 1. The molecule has 0 atom stereocenters. The SMILES string of the molecule is CCN(CC)c1ccc2c(c1)Oc1cc(N(CC)CC)ccc1N2.[O-][Cl+3]([O-])([O-])O. The van der Waals surface area contributed by atoms with Crippen LogP contribution in [0, 0.1) is 10.2 Å². The van der Waals surface area contributed by atoms with Crippen molar-refractivity contribution >= 4 is 22.7 Å². The van der Waals surface area contributed by atoms with Crippen LogP contribution < -0.4 is 33.8 Å². The first-order chi connectivity index (χ1) is 13.7. The fraction of sp³-hybridized carbons (Fsp3) is 0.400. The van der Waals surface area contributed by atoms with E-state index in [0.717, 1.165) is 49.1 Å². The molecule has 160 valence electrons. The Kier molecular flexibility index (Phi) is 7.95. The van der Waals surface area contributed by atoms with Gasteiger partial charge >= 0.3 is 0 Å². The van der Waals surface area contributed by atoms with Crippen LogP contribution in [0.3, 0.4) is 0 Å². The average Bonchev–Trinajstić information content (AvgIpc) is 2.67. The molecule has 0 spiro atoms. The number of hydrogen-bond donors (Lipinski definition) is 2. The molecule has 29 heavy (non-hydrogen) atoms. The van der Waals surface area contributed by atoms with Crippen molar-refractivity contribution < 1.29 is 33.6 Å². The highest BCUT2D eigenvalue weighted by molar-refractivity contribution is 5.79. The highest BCUT2D eigenvalue weighted by Gasteiger charge is 2.19. The Bertz CT molecular complexity index is 740. The molecule has 0 amide bonds. The summed E-state index contributed by atoms with van der Waals surface area (Å²) in [4.78, 5) is 4.65. The Morgan fingerprint density at radius 1 is 0.793 bits per heavy atom. The first kappa shape index (κ1) is 23.1. The van der Waals surface area contributed by atoms with Gasteiger partial charge in [-0.1, -0.05) is 0 Å². The van der Waals surface area contributed by atoms with Crippen molar-refractivity contribution in [2.24, 2.45) is 0 Å². The molecule has 0 fully saturated rings. The van der Waals surface area contributed by atoms with Crippen LogP contribution >= 0.6 is 0 Å². The van der Waals surface area contributed by atoms with Crippen LogP contribution in [-0.2, 0) is 0 Å². The molecule has 0 bridgehead atoms. The minimum Gasteiger partial charge on any atom is -0.453 e. The standard InChI is InChI=1S/C20H27N3O.ClHO4/c1-5-22(6-2)15-9-11-17-19(13-15)24-20-14-16(23(7-3)8-4)10-12-18(20)21-17;2-1(3,4)5/h9-14,21H,5-8H2,1-4H3;(H,2,3,4,5). The third kappa shape index (κ3) is 6.38. The molecule has 0 aliphatic carbocycles. The molecule has 1 aliphatic rings. The van der Waals surface area contributed by atoms with E-state index in [2.05, 4.69) is 79.2 Å². The van der Waals surface area contributed by atoms with Gasteiger partial charge in [0.1, 0.15) is 0 Å². The molecule has 1 heterocycles. The lowest BCUT2D eigenvalue weighted by atomic mass is 10.1. The summed E-state index contributed by atoms with van der Waals surface area (Å²) in [5.41, 5.74) is 4.44. The smallest absolute Gasteiger partial charge is 0.153 e. The summed E-state index contributed by atoms with van der Waals surface area (Å²) in [6, 6.07) is 12.8. The Hall–Kier alpha value is -2.23. The predicted molar refractivity (Wildman–Crippen MR) is 106 cm³/mol. The molecular weight excluding hydrogens is 398 g/mol. The second kappa shape index (κ2) is 10.00. The fourth-order valence-corrected chi connectivity index (χ4v) is 3.23. The number of benzene rings is 2. The summed E-state index contributed by atoms with van der Waals surface area (Å²) in [5.74, 6) is 1.78. The molecule has 3 rings (SSSR count). The van der Waals surface area contributed by atoms with E-state index in [4.69, 9.17) is 23.4 Å². The van der Waals surface area contributed by atoms with E-state index in [1.165, 1.54) is 11.4 Å². The predicted octanol–water partition coefficient (Wildman–Crippen LogP) is 1.10. The Morgan fingerprint density at radius 2 is 1.14 bits per heavy atom. The van der Waals surface area contributed by atoms with Crippen molar-refractivity contribution in [1.29, 1.82) is 0 Å². The zero-order valence-corrected chi connectivity index (χ0v) is 17.9. The van der Waals surface area contributed by atoms with E-state index in [-0.39, 0.29) is 0 Å². The fourth-order valence-electron chi connectivity index (χ4n) is 3.23. The maximum Gasteiger partial charge on any atom is 0.153 e. The Balaban J connectivity index is 0.000000537. The third-order valence-corrected chi connectivity index (χ3v) is 4.68. The van der Waals surface area contributed by atoms with Crippen LogP contribution in [0.15, 0.2) is 36.4 Å². The van der Waals surface area contributed by atoms with Gasteiger partial charge in [-0.2, -0.15) is 14.0 Å². The van der Waals surface area contributed by atoms with Gasteiger partial charge in [0.05, 0.1) is 26.3 Å². The molecule has 0 saturated carbocycles. The van der Waals surface area contributed by atoms with Gasteiger partial charge in [0.2, 0.25) is 0 Å². The Morgan fingerprint density at radius 3 is 1.45 bits per heavy atom. The van der Waals surface area contributed by atoms with Crippen LogP contribution in [0.5, 0.6) is 11.5 Å². The van der Waals surface area contributed by atoms with E-state index in [9.17, 15) is 0 Å². The van der Waals surface area contributed by atoms with E-state index >= 15 is 0 Å². The van der Waals surface area contributed by atoms with Crippen molar-refractivity contribution in [3.63, 3.8) is 0 Å². The first-order valence-corrected chi connectivity index (χ1v) is 10.8. The van der Waals surface area contributed by atoms with Crippen LogP contribution in [0.4, 0.5) is 22.7 Å². The van der Waals surface area contributed by atoms with Gasteiger partial charge in [-0.15, -0.1) is 0 Å². The summed E-state index contributed by atoms with van der Waals surface area (Å²) in [7, 11) is -4.69. The summed E-state index contributed by atoms with van der Waals surface area (Å²) in [6.45, 7) is 12.7. The molecule has 8 nitrogen and oxygen atoms in total. The van der Waals surface area contributed by atoms with Crippen molar-refractivity contribution in [1.82, 2.24) is 0 Å². The summed E-state index contributed by atoms with van der Waals surface area (Å²) < 4.78 is 38.9. The maximum absolute atomic E-state index is 8.60. The summed E-state index contributed by atoms with van der Waals surface area (Å²) in [6.07, 6.45) is 0. The lowest BCUT2D eigenvalue weighted by Gasteiger charge is -2.27. The number of anilines is 4. The monoisotopic (exact) mass is 425 g/mol. The lowest BCUT2D eigenvalue weighted by Crippen LogP contribution is -2.58. The molecule has 9 heteroatoms. The van der Waals surface area contributed by atoms with Gasteiger partial charge in [-0.05, 0) is 52.0 Å². The van der Waals surface area contributed by atoms with Crippen molar-refractivity contribution in [2.45, 2.75) is 27.7 Å². The Labute approximate surface area is 173 Å². The lowest BCUT2D eigenvalue weighted by molar-refractivity contribution is -1.92. The number of ether oxygens (including phenoxy) is 1. The maximum atomic E-state index is 8.60. The van der Waals surface area contributed by atoms with E-state index in [1.54, 1.807) is 0 Å². The zero-order valence-electron chi connectivity index (χ0n) is 17.1. The number of nitrogens with zero attached hydrogens (tertiary/aromatic N) is 2. The molecule has 2 N–H and O–H groups in total. The van der Waals surface area contributed by atoms with Crippen molar-refractivity contribution in [2.75, 3.05) is 41.3 Å². The molecular formula is C20H28ClN3O5. The van der Waals surface area contributed by atoms with Crippen LogP contribution in [0.1, 0.15) is 27.7 Å². The molecule has 2 aromatic rings. The van der Waals surface area contributed by atoms with E-state index < -0.39 is 10.2 Å². The molecule has 0 saturated heterocycles. The number of halogens is 1. The number of rotatable bonds is 6. The topological polar surface area (TPSA) is 117 Å². The van der Waals surface area contributed by atoms with Gasteiger partial charge in [0, 0.05) is 49.7 Å². The second-order valence-corrected chi connectivity index (χ2v) is 7.12. The molecule has 0 unspecified atom stereocenters. The van der Waals surface area contributed by atoms with Gasteiger partial charge in [0.25, 0.3) is 0 Å². The summed E-state index contributed by atoms with van der Waals surface area (Å²) >= 11 is 0. The van der Waals surface area contributed by atoms with E-state index in [1.807, 2.05) is 0 Å². The minimum absolute atomic E-state index is 0.892. The zero-order chi connectivity index (χ0) is 21.6. The van der Waals surface area contributed by atoms with Gasteiger partial charge in [0.15, 0.2) is 11.5 Å². The molecule has 1 aliphatic heterocycles. The van der Waals surface area contributed by atoms with Crippen LogP contribution in [0.25, 0.3) is 0 Å². The van der Waals surface area contributed by atoms with E-state index in [0.29, 0.717) is 0 Å². The third-order valence-electron chi connectivity index (χ3n) is 4.68. The highest BCUT2D eigenvalue weighted by atomic mass is 35.7. The van der Waals surface area contributed by atoms with Gasteiger partial charge in [-0.25, -0.2) is 0 Å². The second-order valence-electron chi connectivity index (χ2n) is 6.33.